The SMILES string of the molecule is O=C(O)c1[nH]c(-c2cccc([N+](=O)[O-])c2)nc1-c1ccc(F)cc1. The molecule has 2 aromatic carbocycles. The maximum atomic E-state index is 13.0. The Hall–Kier alpha value is -3.55. The van der Waals surface area contributed by atoms with Gasteiger partial charge in [-0.1, -0.05) is 12.1 Å². The van der Waals surface area contributed by atoms with Crippen LogP contribution in [-0.2, 0) is 0 Å². The molecule has 0 fully saturated rings. The lowest BCUT2D eigenvalue weighted by molar-refractivity contribution is -0.384. The Morgan fingerprint density at radius 1 is 1.17 bits per heavy atom. The number of hydrogen-bond acceptors (Lipinski definition) is 4. The van der Waals surface area contributed by atoms with E-state index in [0.29, 0.717) is 11.1 Å². The topological polar surface area (TPSA) is 109 Å². The van der Waals surface area contributed by atoms with Crippen LogP contribution in [0.3, 0.4) is 0 Å². The monoisotopic (exact) mass is 327 g/mol. The number of carboxylic acids is 1. The molecular weight excluding hydrogens is 317 g/mol. The maximum Gasteiger partial charge on any atom is 0.354 e. The molecule has 2 N–H and O–H groups in total. The summed E-state index contributed by atoms with van der Waals surface area (Å²) in [5, 5.41) is 20.2. The first-order valence-electron chi connectivity index (χ1n) is 6.80. The molecule has 0 unspecified atom stereocenters. The van der Waals surface area contributed by atoms with Gasteiger partial charge in [-0.15, -0.1) is 0 Å². The van der Waals surface area contributed by atoms with Crippen LogP contribution in [0, 0.1) is 15.9 Å². The number of aromatic nitrogens is 2. The summed E-state index contributed by atoms with van der Waals surface area (Å²) in [5.74, 6) is -1.51. The lowest BCUT2D eigenvalue weighted by atomic mass is 10.1. The van der Waals surface area contributed by atoms with Crippen LogP contribution in [-0.4, -0.2) is 26.0 Å². The van der Waals surface area contributed by atoms with E-state index < -0.39 is 16.7 Å². The molecule has 1 heterocycles. The van der Waals surface area contributed by atoms with E-state index in [1.54, 1.807) is 6.07 Å². The van der Waals surface area contributed by atoms with E-state index in [1.165, 1.54) is 42.5 Å². The number of aromatic carboxylic acids is 1. The average molecular weight is 327 g/mol. The number of nitro groups is 1. The van der Waals surface area contributed by atoms with Crippen LogP contribution >= 0.6 is 0 Å². The molecule has 0 saturated heterocycles. The molecule has 24 heavy (non-hydrogen) atoms. The molecule has 0 radical (unpaired) electrons. The largest absolute Gasteiger partial charge is 0.477 e. The summed E-state index contributed by atoms with van der Waals surface area (Å²) in [4.78, 5) is 28.6. The number of nitrogens with one attached hydrogen (secondary N) is 1. The van der Waals surface area contributed by atoms with Crippen molar-refractivity contribution in [3.63, 3.8) is 0 Å². The third-order valence-electron chi connectivity index (χ3n) is 3.37. The van der Waals surface area contributed by atoms with E-state index in [0.717, 1.165) is 0 Å². The Kier molecular flexibility index (Phi) is 3.78. The van der Waals surface area contributed by atoms with Crippen molar-refractivity contribution in [2.75, 3.05) is 0 Å². The van der Waals surface area contributed by atoms with Crippen molar-refractivity contribution in [2.24, 2.45) is 0 Å². The number of imidazole rings is 1. The van der Waals surface area contributed by atoms with E-state index in [1.807, 2.05) is 0 Å². The standard InChI is InChI=1S/C16H10FN3O4/c17-11-6-4-9(5-7-11)13-14(16(21)22)19-15(18-13)10-2-1-3-12(8-10)20(23)24/h1-8H,(H,18,19)(H,21,22). The van der Waals surface area contributed by atoms with Gasteiger partial charge in [-0.3, -0.25) is 10.1 Å². The number of nitro benzene ring substituents is 1. The molecule has 120 valence electrons. The Morgan fingerprint density at radius 3 is 2.50 bits per heavy atom. The molecule has 1 aromatic heterocycles. The van der Waals surface area contributed by atoms with Gasteiger partial charge >= 0.3 is 5.97 Å². The van der Waals surface area contributed by atoms with Crippen molar-refractivity contribution in [3.05, 3.63) is 70.2 Å². The first-order chi connectivity index (χ1) is 11.5. The highest BCUT2D eigenvalue weighted by molar-refractivity contribution is 5.94. The number of H-pyrrole nitrogens is 1. The van der Waals surface area contributed by atoms with E-state index in [2.05, 4.69) is 9.97 Å². The van der Waals surface area contributed by atoms with Crippen molar-refractivity contribution in [2.45, 2.75) is 0 Å². The summed E-state index contributed by atoms with van der Waals surface area (Å²) in [5.41, 5.74) is 0.609. The van der Waals surface area contributed by atoms with Gasteiger partial charge in [-0.05, 0) is 24.3 Å². The van der Waals surface area contributed by atoms with Crippen LogP contribution in [0.1, 0.15) is 10.5 Å². The van der Waals surface area contributed by atoms with E-state index in [9.17, 15) is 24.4 Å². The molecule has 0 aliphatic heterocycles. The number of halogens is 1. The average Bonchev–Trinajstić information content (AvgIpc) is 3.01. The number of hydrogen-bond donors (Lipinski definition) is 2. The van der Waals surface area contributed by atoms with Gasteiger partial charge in [0.15, 0.2) is 5.69 Å². The van der Waals surface area contributed by atoms with Crippen molar-refractivity contribution in [1.29, 1.82) is 0 Å². The van der Waals surface area contributed by atoms with Gasteiger partial charge in [0.2, 0.25) is 0 Å². The third kappa shape index (κ3) is 2.84. The molecule has 0 atom stereocenters. The van der Waals surface area contributed by atoms with Crippen molar-refractivity contribution in [3.8, 4) is 22.6 Å². The third-order valence-corrected chi connectivity index (χ3v) is 3.37. The van der Waals surface area contributed by atoms with Crippen LogP contribution in [0.2, 0.25) is 0 Å². The van der Waals surface area contributed by atoms with Gasteiger partial charge in [-0.2, -0.15) is 0 Å². The van der Waals surface area contributed by atoms with Gasteiger partial charge in [-0.25, -0.2) is 14.2 Å². The van der Waals surface area contributed by atoms with Gasteiger partial charge in [0.25, 0.3) is 5.69 Å². The van der Waals surface area contributed by atoms with E-state index in [-0.39, 0.29) is 22.9 Å². The van der Waals surface area contributed by atoms with Gasteiger partial charge in [0.1, 0.15) is 17.3 Å². The zero-order valence-corrected chi connectivity index (χ0v) is 12.1. The summed E-state index contributed by atoms with van der Waals surface area (Å²) < 4.78 is 13.0. The zero-order valence-electron chi connectivity index (χ0n) is 12.1. The molecule has 3 aromatic rings. The van der Waals surface area contributed by atoms with Crippen LogP contribution in [0.5, 0.6) is 0 Å². The molecule has 8 heteroatoms. The Balaban J connectivity index is 2.13. The summed E-state index contributed by atoms with van der Waals surface area (Å²) in [6.07, 6.45) is 0. The number of nitrogens with zero attached hydrogens (tertiary/aromatic N) is 2. The highest BCUT2D eigenvalue weighted by Gasteiger charge is 2.19. The fourth-order valence-electron chi connectivity index (χ4n) is 2.25. The molecule has 0 amide bonds. The van der Waals surface area contributed by atoms with Crippen molar-refractivity contribution < 1.29 is 19.2 Å². The number of non-ortho nitro benzene ring substituents is 1. The fourth-order valence-corrected chi connectivity index (χ4v) is 2.25. The van der Waals surface area contributed by atoms with Crippen LogP contribution in [0.4, 0.5) is 10.1 Å². The van der Waals surface area contributed by atoms with Gasteiger partial charge in [0.05, 0.1) is 4.92 Å². The fraction of sp³-hybridized carbons (Fsp3) is 0. The molecule has 3 rings (SSSR count). The van der Waals surface area contributed by atoms with E-state index in [4.69, 9.17) is 0 Å². The minimum Gasteiger partial charge on any atom is -0.477 e. The summed E-state index contributed by atoms with van der Waals surface area (Å²) in [6, 6.07) is 10.9. The highest BCUT2D eigenvalue weighted by Crippen LogP contribution is 2.28. The zero-order chi connectivity index (χ0) is 17.3. The van der Waals surface area contributed by atoms with Gasteiger partial charge < -0.3 is 10.1 Å². The number of aromatic amines is 1. The first kappa shape index (κ1) is 15.3. The molecule has 7 nitrogen and oxygen atoms in total. The molecule has 0 aliphatic rings. The lowest BCUT2D eigenvalue weighted by Gasteiger charge is -1.98. The summed E-state index contributed by atoms with van der Waals surface area (Å²) in [6.45, 7) is 0. The van der Waals surface area contributed by atoms with E-state index >= 15 is 0 Å². The minimum atomic E-state index is -1.24. The van der Waals surface area contributed by atoms with Crippen LogP contribution in [0.25, 0.3) is 22.6 Å². The minimum absolute atomic E-state index is 0.129. The van der Waals surface area contributed by atoms with Gasteiger partial charge in [0, 0.05) is 23.3 Å². The number of carboxylic acid groups (broad SMARTS) is 1. The quantitative estimate of drug-likeness (QED) is 0.563. The number of benzene rings is 2. The second-order valence-electron chi connectivity index (χ2n) is 4.93. The maximum absolute atomic E-state index is 13.0. The van der Waals surface area contributed by atoms with Crippen LogP contribution < -0.4 is 0 Å². The van der Waals surface area contributed by atoms with Crippen molar-refractivity contribution in [1.82, 2.24) is 9.97 Å². The number of carbonyl (C=O) groups is 1. The highest BCUT2D eigenvalue weighted by atomic mass is 19.1. The normalized spacial score (nSPS) is 10.5. The first-order valence-corrected chi connectivity index (χ1v) is 6.80. The molecule has 0 spiro atoms. The Labute approximate surface area is 134 Å². The number of rotatable bonds is 4. The molecule has 0 aliphatic carbocycles. The van der Waals surface area contributed by atoms with Crippen LogP contribution in [0.15, 0.2) is 48.5 Å². The molecular formula is C16H10FN3O4. The lowest BCUT2D eigenvalue weighted by Crippen LogP contribution is -1.99. The second-order valence-corrected chi connectivity index (χ2v) is 4.93. The Morgan fingerprint density at radius 2 is 1.88 bits per heavy atom. The molecule has 0 saturated carbocycles. The Bertz CT molecular complexity index is 935. The molecule has 0 bridgehead atoms. The van der Waals surface area contributed by atoms with Crippen molar-refractivity contribution >= 4 is 11.7 Å². The predicted octanol–water partition coefficient (Wildman–Crippen LogP) is 3.49. The predicted molar refractivity (Wildman–Crippen MR) is 83.0 cm³/mol. The summed E-state index contributed by atoms with van der Waals surface area (Å²) in [7, 11) is 0. The smallest absolute Gasteiger partial charge is 0.354 e. The second kappa shape index (κ2) is 5.92. The summed E-state index contributed by atoms with van der Waals surface area (Å²) >= 11 is 0.